The van der Waals surface area contributed by atoms with Gasteiger partial charge in [-0.3, -0.25) is 10.1 Å². The molecule has 0 fully saturated rings. The Hall–Kier alpha value is -1.13. The topological polar surface area (TPSA) is 64.7 Å². The molecule has 0 radical (unpaired) electrons. The maximum absolute atomic E-state index is 10.3. The molecule has 1 aliphatic rings. The van der Waals surface area contributed by atoms with Crippen molar-refractivity contribution in [3.05, 3.63) is 10.1 Å². The van der Waals surface area contributed by atoms with Gasteiger partial charge in [0, 0.05) is 11.8 Å². The summed E-state index contributed by atoms with van der Waals surface area (Å²) < 4.78 is 5.10. The van der Waals surface area contributed by atoms with E-state index in [0.29, 0.717) is 6.61 Å². The third kappa shape index (κ3) is 1.72. The molecule has 0 aliphatic carbocycles. The van der Waals surface area contributed by atoms with Crippen molar-refractivity contribution in [2.75, 3.05) is 6.61 Å². The van der Waals surface area contributed by atoms with Crippen molar-refractivity contribution in [1.82, 2.24) is 0 Å². The molecule has 0 aromatic carbocycles. The Labute approximate surface area is 70.6 Å². The van der Waals surface area contributed by atoms with Gasteiger partial charge in [0.15, 0.2) is 0 Å². The summed E-state index contributed by atoms with van der Waals surface area (Å²) in [6.07, 6.45) is 0. The first-order chi connectivity index (χ1) is 5.42. The van der Waals surface area contributed by atoms with Crippen LogP contribution in [-0.4, -0.2) is 29.0 Å². The molecule has 5 heteroatoms. The monoisotopic (exact) mass is 172 g/mol. The van der Waals surface area contributed by atoms with Gasteiger partial charge in [0.05, 0.1) is 5.54 Å². The fourth-order valence-electron chi connectivity index (χ4n) is 0.918. The summed E-state index contributed by atoms with van der Waals surface area (Å²) >= 11 is 0. The van der Waals surface area contributed by atoms with Crippen LogP contribution in [0, 0.1) is 10.1 Å². The first-order valence-corrected chi connectivity index (χ1v) is 3.78. The van der Waals surface area contributed by atoms with Gasteiger partial charge in [-0.05, 0) is 13.8 Å². The van der Waals surface area contributed by atoms with Gasteiger partial charge in [-0.15, -0.1) is 0 Å². The zero-order chi connectivity index (χ0) is 9.35. The number of nitrogens with zero attached hydrogens (tertiary/aromatic N) is 2. The predicted octanol–water partition coefficient (Wildman–Crippen LogP) is 0.859. The molecule has 1 heterocycles. The molecule has 12 heavy (non-hydrogen) atoms. The largest absolute Gasteiger partial charge is 0.474 e. The molecule has 0 saturated heterocycles. The predicted molar refractivity (Wildman–Crippen MR) is 43.9 cm³/mol. The van der Waals surface area contributed by atoms with Gasteiger partial charge in [-0.25, -0.2) is 4.99 Å². The van der Waals surface area contributed by atoms with Crippen molar-refractivity contribution in [3.8, 4) is 0 Å². The number of rotatable bonds is 2. The Balaban J connectivity index is 2.73. The standard InChI is InChI=1S/C7H12N2O3/c1-5(9(10)11)6-8-7(2,3)4-12-6/h5H,4H2,1-3H3. The summed E-state index contributed by atoms with van der Waals surface area (Å²) in [6, 6.07) is -0.827. The smallest absolute Gasteiger partial charge is 0.284 e. The number of ether oxygens (including phenoxy) is 1. The molecule has 1 rings (SSSR count). The van der Waals surface area contributed by atoms with Gasteiger partial charge in [0.1, 0.15) is 6.61 Å². The molecule has 1 aliphatic heterocycles. The van der Waals surface area contributed by atoms with Crippen molar-refractivity contribution >= 4 is 5.90 Å². The summed E-state index contributed by atoms with van der Waals surface area (Å²) in [7, 11) is 0. The lowest BCUT2D eigenvalue weighted by Gasteiger charge is -2.07. The van der Waals surface area contributed by atoms with Crippen molar-refractivity contribution < 1.29 is 9.66 Å². The minimum atomic E-state index is -0.827. The lowest BCUT2D eigenvalue weighted by atomic mass is 10.1. The molecule has 0 aromatic heterocycles. The Morgan fingerprint density at radius 1 is 1.75 bits per heavy atom. The van der Waals surface area contributed by atoms with Crippen LogP contribution < -0.4 is 0 Å². The first kappa shape index (κ1) is 8.96. The highest BCUT2D eigenvalue weighted by Crippen LogP contribution is 2.18. The van der Waals surface area contributed by atoms with Gasteiger partial charge < -0.3 is 4.74 Å². The van der Waals surface area contributed by atoms with E-state index in [2.05, 4.69) is 4.99 Å². The Morgan fingerprint density at radius 3 is 2.67 bits per heavy atom. The first-order valence-electron chi connectivity index (χ1n) is 3.78. The van der Waals surface area contributed by atoms with Crippen LogP contribution in [0.15, 0.2) is 4.99 Å². The van der Waals surface area contributed by atoms with Gasteiger partial charge >= 0.3 is 0 Å². The molecule has 5 nitrogen and oxygen atoms in total. The van der Waals surface area contributed by atoms with Gasteiger partial charge in [0.2, 0.25) is 0 Å². The molecule has 0 amide bonds. The molecule has 0 saturated carbocycles. The number of hydrogen-bond acceptors (Lipinski definition) is 4. The highest BCUT2D eigenvalue weighted by molar-refractivity contribution is 5.82. The molecule has 68 valence electrons. The zero-order valence-electron chi connectivity index (χ0n) is 7.40. The fourth-order valence-corrected chi connectivity index (χ4v) is 0.918. The van der Waals surface area contributed by atoms with Crippen molar-refractivity contribution in [1.29, 1.82) is 0 Å². The quantitative estimate of drug-likeness (QED) is 0.458. The summed E-state index contributed by atoms with van der Waals surface area (Å²) in [5.74, 6) is 0.241. The maximum atomic E-state index is 10.3. The molecule has 0 N–H and O–H groups in total. The van der Waals surface area contributed by atoms with E-state index in [4.69, 9.17) is 4.74 Å². The van der Waals surface area contributed by atoms with E-state index in [0.717, 1.165) is 0 Å². The average Bonchev–Trinajstić information content (AvgIpc) is 2.28. The molecular formula is C7H12N2O3. The van der Waals surface area contributed by atoms with Crippen LogP contribution in [0.5, 0.6) is 0 Å². The Morgan fingerprint density at radius 2 is 2.33 bits per heavy atom. The van der Waals surface area contributed by atoms with E-state index >= 15 is 0 Å². The summed E-state index contributed by atoms with van der Waals surface area (Å²) in [5, 5.41) is 10.3. The van der Waals surface area contributed by atoms with E-state index in [1.165, 1.54) is 6.92 Å². The molecule has 1 atom stereocenters. The van der Waals surface area contributed by atoms with Crippen LogP contribution in [0.2, 0.25) is 0 Å². The number of aliphatic imine (C=N–C) groups is 1. The summed E-state index contributed by atoms with van der Waals surface area (Å²) in [5.41, 5.74) is -0.306. The molecule has 0 spiro atoms. The lowest BCUT2D eigenvalue weighted by molar-refractivity contribution is -0.500. The second kappa shape index (κ2) is 2.73. The van der Waals surface area contributed by atoms with E-state index in [1.807, 2.05) is 13.8 Å². The van der Waals surface area contributed by atoms with Crippen LogP contribution in [0.25, 0.3) is 0 Å². The molecule has 0 bridgehead atoms. The molecule has 0 aromatic rings. The Bertz CT molecular complexity index is 235. The summed E-state index contributed by atoms with van der Waals surface area (Å²) in [4.78, 5) is 14.0. The van der Waals surface area contributed by atoms with Crippen molar-refractivity contribution in [3.63, 3.8) is 0 Å². The van der Waals surface area contributed by atoms with Crippen LogP contribution in [0.1, 0.15) is 20.8 Å². The zero-order valence-corrected chi connectivity index (χ0v) is 7.40. The van der Waals surface area contributed by atoms with Gasteiger partial charge in [-0.1, -0.05) is 0 Å². The highest BCUT2D eigenvalue weighted by atomic mass is 16.6. The van der Waals surface area contributed by atoms with E-state index in [1.54, 1.807) is 0 Å². The minimum absolute atomic E-state index is 0.241. The van der Waals surface area contributed by atoms with E-state index < -0.39 is 11.0 Å². The lowest BCUT2D eigenvalue weighted by Crippen LogP contribution is -2.26. The molecular weight excluding hydrogens is 160 g/mol. The maximum Gasteiger partial charge on any atom is 0.284 e. The van der Waals surface area contributed by atoms with Crippen LogP contribution in [-0.2, 0) is 4.74 Å². The van der Waals surface area contributed by atoms with Gasteiger partial charge in [-0.2, -0.15) is 0 Å². The normalized spacial score (nSPS) is 22.8. The Kier molecular flexibility index (Phi) is 2.04. The second-order valence-electron chi connectivity index (χ2n) is 3.51. The van der Waals surface area contributed by atoms with E-state index in [-0.39, 0.29) is 11.4 Å². The van der Waals surface area contributed by atoms with Crippen LogP contribution in [0.3, 0.4) is 0 Å². The van der Waals surface area contributed by atoms with Crippen molar-refractivity contribution in [2.45, 2.75) is 32.4 Å². The molecule has 1 unspecified atom stereocenters. The number of hydrogen-bond donors (Lipinski definition) is 0. The van der Waals surface area contributed by atoms with Gasteiger partial charge in [0.25, 0.3) is 11.9 Å². The fraction of sp³-hybridized carbons (Fsp3) is 0.857. The third-order valence-corrected chi connectivity index (χ3v) is 1.66. The van der Waals surface area contributed by atoms with Crippen LogP contribution in [0.4, 0.5) is 0 Å². The summed E-state index contributed by atoms with van der Waals surface area (Å²) in [6.45, 7) is 5.67. The third-order valence-electron chi connectivity index (χ3n) is 1.66. The number of nitro groups is 1. The van der Waals surface area contributed by atoms with Crippen LogP contribution >= 0.6 is 0 Å². The van der Waals surface area contributed by atoms with E-state index in [9.17, 15) is 10.1 Å². The second-order valence-corrected chi connectivity index (χ2v) is 3.51. The van der Waals surface area contributed by atoms with Crippen molar-refractivity contribution in [2.24, 2.45) is 4.99 Å². The highest BCUT2D eigenvalue weighted by Gasteiger charge is 2.33. The average molecular weight is 172 g/mol. The minimum Gasteiger partial charge on any atom is -0.474 e. The SMILES string of the molecule is CC(C1=NC(C)(C)CO1)[N+](=O)[O-].